The predicted octanol–water partition coefficient (Wildman–Crippen LogP) is 3.82. The SMILES string of the molecule is CCS(=O)(=O)c1ccc2oc(/C=C/c3cc(OC)c(OC)cc3OC)nc2c1. The summed E-state index contributed by atoms with van der Waals surface area (Å²) in [5.41, 5.74) is 1.74. The molecule has 0 atom stereocenters. The van der Waals surface area contributed by atoms with Crippen molar-refractivity contribution in [3.05, 3.63) is 41.8 Å². The zero-order chi connectivity index (χ0) is 20.3. The fraction of sp³-hybridized carbons (Fsp3) is 0.250. The van der Waals surface area contributed by atoms with Crippen LogP contribution >= 0.6 is 0 Å². The molecule has 0 saturated carbocycles. The summed E-state index contributed by atoms with van der Waals surface area (Å²) in [5.74, 6) is 2.10. The van der Waals surface area contributed by atoms with Gasteiger partial charge in [-0.3, -0.25) is 0 Å². The lowest BCUT2D eigenvalue weighted by Crippen LogP contribution is -2.03. The molecule has 0 spiro atoms. The Morgan fingerprint density at radius 1 is 0.964 bits per heavy atom. The molecule has 1 aromatic heterocycles. The van der Waals surface area contributed by atoms with Crippen molar-refractivity contribution < 1.29 is 27.0 Å². The lowest BCUT2D eigenvalue weighted by atomic mass is 10.1. The molecule has 0 saturated heterocycles. The molecule has 0 amide bonds. The number of sulfone groups is 1. The molecule has 148 valence electrons. The highest BCUT2D eigenvalue weighted by Gasteiger charge is 2.14. The van der Waals surface area contributed by atoms with E-state index >= 15 is 0 Å². The molecular formula is C20H21NO6S. The number of hydrogen-bond acceptors (Lipinski definition) is 7. The van der Waals surface area contributed by atoms with Crippen molar-refractivity contribution in [2.45, 2.75) is 11.8 Å². The van der Waals surface area contributed by atoms with Gasteiger partial charge in [-0.1, -0.05) is 6.92 Å². The van der Waals surface area contributed by atoms with Crippen molar-refractivity contribution in [3.63, 3.8) is 0 Å². The molecule has 0 fully saturated rings. The number of rotatable bonds is 7. The molecule has 0 aliphatic heterocycles. The van der Waals surface area contributed by atoms with Gasteiger partial charge in [0.15, 0.2) is 26.9 Å². The molecule has 2 aromatic carbocycles. The number of ether oxygens (including phenoxy) is 3. The third-order valence-corrected chi connectivity index (χ3v) is 5.99. The van der Waals surface area contributed by atoms with Crippen LogP contribution in [0.5, 0.6) is 17.2 Å². The van der Waals surface area contributed by atoms with E-state index in [9.17, 15) is 8.42 Å². The van der Waals surface area contributed by atoms with Crippen LogP contribution in [0.3, 0.4) is 0 Å². The number of methoxy groups -OCH3 is 3. The van der Waals surface area contributed by atoms with Gasteiger partial charge in [-0.2, -0.15) is 0 Å². The van der Waals surface area contributed by atoms with E-state index in [0.717, 1.165) is 5.56 Å². The van der Waals surface area contributed by atoms with Gasteiger partial charge in [0.25, 0.3) is 0 Å². The van der Waals surface area contributed by atoms with Crippen molar-refractivity contribution in [1.29, 1.82) is 0 Å². The number of aromatic nitrogens is 1. The van der Waals surface area contributed by atoms with Crippen LogP contribution in [-0.2, 0) is 9.84 Å². The Hall–Kier alpha value is -3.00. The maximum Gasteiger partial charge on any atom is 0.220 e. The van der Waals surface area contributed by atoms with Crippen LogP contribution in [0.4, 0.5) is 0 Å². The standard InChI is InChI=1S/C20H21NO6S/c1-5-28(22,23)14-7-8-16-15(11-14)21-20(27-16)9-6-13-10-18(25-3)19(26-4)12-17(13)24-2/h6-12H,5H2,1-4H3/b9-6+. The van der Waals surface area contributed by atoms with E-state index in [4.69, 9.17) is 18.6 Å². The molecule has 0 radical (unpaired) electrons. The first-order valence-corrected chi connectivity index (χ1v) is 10.2. The molecule has 0 aliphatic carbocycles. The zero-order valence-electron chi connectivity index (χ0n) is 16.1. The van der Waals surface area contributed by atoms with Crippen molar-refractivity contribution in [3.8, 4) is 17.2 Å². The molecule has 28 heavy (non-hydrogen) atoms. The Morgan fingerprint density at radius 3 is 2.29 bits per heavy atom. The fourth-order valence-corrected chi connectivity index (χ4v) is 3.60. The smallest absolute Gasteiger partial charge is 0.220 e. The molecule has 3 rings (SSSR count). The average molecular weight is 403 g/mol. The summed E-state index contributed by atoms with van der Waals surface area (Å²) >= 11 is 0. The van der Waals surface area contributed by atoms with Gasteiger partial charge in [0.2, 0.25) is 5.89 Å². The highest BCUT2D eigenvalue weighted by atomic mass is 32.2. The van der Waals surface area contributed by atoms with E-state index in [-0.39, 0.29) is 10.6 Å². The maximum absolute atomic E-state index is 12.0. The first-order valence-electron chi connectivity index (χ1n) is 8.53. The topological polar surface area (TPSA) is 87.9 Å². The minimum atomic E-state index is -3.30. The fourth-order valence-electron chi connectivity index (χ4n) is 2.70. The van der Waals surface area contributed by atoms with Crippen molar-refractivity contribution >= 4 is 33.1 Å². The minimum absolute atomic E-state index is 0.0300. The van der Waals surface area contributed by atoms with Gasteiger partial charge in [0, 0.05) is 17.7 Å². The minimum Gasteiger partial charge on any atom is -0.496 e. The van der Waals surface area contributed by atoms with Gasteiger partial charge in [-0.05, 0) is 30.3 Å². The Labute approximate surface area is 163 Å². The molecule has 0 unspecified atom stereocenters. The largest absolute Gasteiger partial charge is 0.496 e. The first-order chi connectivity index (χ1) is 13.4. The summed E-state index contributed by atoms with van der Waals surface area (Å²) in [6, 6.07) is 8.16. The summed E-state index contributed by atoms with van der Waals surface area (Å²) in [7, 11) is 1.37. The third kappa shape index (κ3) is 3.82. The van der Waals surface area contributed by atoms with Crippen molar-refractivity contribution in [2.24, 2.45) is 0 Å². The Morgan fingerprint density at radius 2 is 1.64 bits per heavy atom. The zero-order valence-corrected chi connectivity index (χ0v) is 16.9. The molecule has 0 bridgehead atoms. The van der Waals surface area contributed by atoms with Crippen LogP contribution in [0.25, 0.3) is 23.3 Å². The van der Waals surface area contributed by atoms with E-state index in [2.05, 4.69) is 4.98 Å². The van der Waals surface area contributed by atoms with Crippen LogP contribution in [0.15, 0.2) is 39.6 Å². The van der Waals surface area contributed by atoms with Gasteiger partial charge >= 0.3 is 0 Å². The molecule has 0 N–H and O–H groups in total. The maximum atomic E-state index is 12.0. The molecule has 7 nitrogen and oxygen atoms in total. The normalized spacial score (nSPS) is 11.9. The van der Waals surface area contributed by atoms with Crippen LogP contribution in [0, 0.1) is 0 Å². The monoisotopic (exact) mass is 403 g/mol. The lowest BCUT2D eigenvalue weighted by Gasteiger charge is -2.11. The quantitative estimate of drug-likeness (QED) is 0.592. The van der Waals surface area contributed by atoms with Gasteiger partial charge < -0.3 is 18.6 Å². The van der Waals surface area contributed by atoms with E-state index in [1.54, 1.807) is 58.6 Å². The number of nitrogens with zero attached hydrogens (tertiary/aromatic N) is 1. The van der Waals surface area contributed by atoms with E-state index < -0.39 is 9.84 Å². The summed E-state index contributed by atoms with van der Waals surface area (Å²) in [5, 5.41) is 0. The van der Waals surface area contributed by atoms with Gasteiger partial charge in [0.05, 0.1) is 32.0 Å². The van der Waals surface area contributed by atoms with E-state index in [0.29, 0.717) is 34.2 Å². The van der Waals surface area contributed by atoms with E-state index in [1.807, 2.05) is 0 Å². The van der Waals surface area contributed by atoms with Gasteiger partial charge in [-0.15, -0.1) is 0 Å². The number of oxazole rings is 1. The van der Waals surface area contributed by atoms with Crippen LogP contribution < -0.4 is 14.2 Å². The van der Waals surface area contributed by atoms with Gasteiger partial charge in [-0.25, -0.2) is 13.4 Å². The second kappa shape index (κ2) is 7.93. The second-order valence-corrected chi connectivity index (χ2v) is 8.15. The van der Waals surface area contributed by atoms with Crippen LogP contribution in [0.2, 0.25) is 0 Å². The molecule has 8 heteroatoms. The number of hydrogen-bond donors (Lipinski definition) is 0. The summed E-state index contributed by atoms with van der Waals surface area (Å²) in [4.78, 5) is 4.58. The Kier molecular flexibility index (Phi) is 5.60. The highest BCUT2D eigenvalue weighted by molar-refractivity contribution is 7.91. The van der Waals surface area contributed by atoms with Gasteiger partial charge in [0.1, 0.15) is 11.3 Å². The average Bonchev–Trinajstić information content (AvgIpc) is 3.13. The summed E-state index contributed by atoms with van der Waals surface area (Å²) in [6.45, 7) is 1.60. The predicted molar refractivity (Wildman–Crippen MR) is 107 cm³/mol. The molecule has 3 aromatic rings. The highest BCUT2D eigenvalue weighted by Crippen LogP contribution is 2.35. The second-order valence-electron chi connectivity index (χ2n) is 5.87. The van der Waals surface area contributed by atoms with Crippen molar-refractivity contribution in [1.82, 2.24) is 4.98 Å². The first kappa shape index (κ1) is 19.8. The summed E-state index contributed by atoms with van der Waals surface area (Å²) < 4.78 is 45.7. The number of benzene rings is 2. The lowest BCUT2D eigenvalue weighted by molar-refractivity contribution is 0.348. The molecule has 1 heterocycles. The third-order valence-electron chi connectivity index (χ3n) is 4.26. The summed E-state index contributed by atoms with van der Waals surface area (Å²) in [6.07, 6.45) is 3.45. The Balaban J connectivity index is 1.97. The molecular weight excluding hydrogens is 382 g/mol. The Bertz CT molecular complexity index is 1130. The van der Waals surface area contributed by atoms with Crippen LogP contribution in [0.1, 0.15) is 18.4 Å². The molecule has 0 aliphatic rings. The van der Waals surface area contributed by atoms with Crippen molar-refractivity contribution in [2.75, 3.05) is 27.1 Å². The number of fused-ring (bicyclic) bond motifs is 1. The van der Waals surface area contributed by atoms with E-state index in [1.165, 1.54) is 12.1 Å². The van der Waals surface area contributed by atoms with Crippen LogP contribution in [-0.4, -0.2) is 40.5 Å².